The Labute approximate surface area is 90.5 Å². The highest BCUT2D eigenvalue weighted by Crippen LogP contribution is 2.20. The number of allylic oxidation sites excluding steroid dienone is 1. The molecular formula is C10H9BrClF. The summed E-state index contributed by atoms with van der Waals surface area (Å²) in [6.07, 6.45) is 1.93. The van der Waals surface area contributed by atoms with Gasteiger partial charge in [0.15, 0.2) is 0 Å². The van der Waals surface area contributed by atoms with Gasteiger partial charge in [-0.3, -0.25) is 0 Å². The first-order valence-corrected chi connectivity index (χ1v) is 5.31. The first-order valence-electron chi connectivity index (χ1n) is 3.81. The lowest BCUT2D eigenvalue weighted by Crippen LogP contribution is -1.81. The number of benzene rings is 1. The summed E-state index contributed by atoms with van der Waals surface area (Å²) in [5.74, 6) is -0.307. The van der Waals surface area contributed by atoms with Crippen molar-refractivity contribution < 1.29 is 4.39 Å². The molecule has 0 aliphatic rings. The summed E-state index contributed by atoms with van der Waals surface area (Å²) in [7, 11) is 0. The first-order chi connectivity index (χ1) is 6.13. The van der Waals surface area contributed by atoms with Crippen LogP contribution in [0.3, 0.4) is 0 Å². The van der Waals surface area contributed by atoms with E-state index in [0.717, 1.165) is 16.5 Å². The Kier molecular flexibility index (Phi) is 3.94. The maximum atomic E-state index is 12.7. The van der Waals surface area contributed by atoms with Gasteiger partial charge in [-0.1, -0.05) is 45.2 Å². The molecule has 0 N–H and O–H groups in total. The molecule has 0 aliphatic carbocycles. The zero-order valence-corrected chi connectivity index (χ0v) is 9.49. The van der Waals surface area contributed by atoms with Crippen LogP contribution in [-0.2, 0) is 0 Å². The van der Waals surface area contributed by atoms with Gasteiger partial charge < -0.3 is 0 Å². The van der Waals surface area contributed by atoms with Gasteiger partial charge in [-0.15, -0.1) is 0 Å². The summed E-state index contributed by atoms with van der Waals surface area (Å²) in [5.41, 5.74) is 1.99. The molecule has 0 heterocycles. The van der Waals surface area contributed by atoms with Crippen LogP contribution in [0.25, 0.3) is 6.08 Å². The van der Waals surface area contributed by atoms with Crippen LogP contribution in [0.2, 0.25) is 5.02 Å². The maximum absolute atomic E-state index is 12.7. The minimum absolute atomic E-state index is 0.307. The van der Waals surface area contributed by atoms with Gasteiger partial charge >= 0.3 is 0 Å². The molecule has 1 aromatic carbocycles. The molecule has 13 heavy (non-hydrogen) atoms. The third-order valence-electron chi connectivity index (χ3n) is 1.58. The Balaban J connectivity index is 3.03. The molecule has 1 rings (SSSR count). The quantitative estimate of drug-likeness (QED) is 0.699. The molecule has 0 saturated heterocycles. The largest absolute Gasteiger partial charge is 0.207 e. The molecule has 0 fully saturated rings. The topological polar surface area (TPSA) is 0 Å². The highest BCUT2D eigenvalue weighted by molar-refractivity contribution is 9.09. The van der Waals surface area contributed by atoms with E-state index in [1.165, 1.54) is 12.1 Å². The molecule has 0 bridgehead atoms. The molecule has 0 unspecified atom stereocenters. The second-order valence-electron chi connectivity index (χ2n) is 2.79. The van der Waals surface area contributed by atoms with Crippen LogP contribution in [0.4, 0.5) is 4.39 Å². The van der Waals surface area contributed by atoms with Crippen molar-refractivity contribution in [1.29, 1.82) is 0 Å². The lowest BCUT2D eigenvalue weighted by molar-refractivity contribution is 0.628. The van der Waals surface area contributed by atoms with Crippen molar-refractivity contribution in [2.75, 3.05) is 5.33 Å². The molecule has 0 spiro atoms. The number of hydrogen-bond acceptors (Lipinski definition) is 0. The van der Waals surface area contributed by atoms with Crippen molar-refractivity contribution in [3.63, 3.8) is 0 Å². The normalized spacial score (nSPS) is 11.8. The number of halogens is 3. The SMILES string of the molecule is C/C(=C/c1ccc(F)cc1Cl)CBr. The van der Waals surface area contributed by atoms with Gasteiger partial charge in [-0.2, -0.15) is 0 Å². The number of hydrogen-bond donors (Lipinski definition) is 0. The van der Waals surface area contributed by atoms with E-state index in [-0.39, 0.29) is 5.82 Å². The molecule has 0 nitrogen and oxygen atoms in total. The summed E-state index contributed by atoms with van der Waals surface area (Å²) < 4.78 is 12.7. The van der Waals surface area contributed by atoms with Crippen molar-refractivity contribution in [2.24, 2.45) is 0 Å². The molecule has 70 valence electrons. The van der Waals surface area contributed by atoms with Crippen molar-refractivity contribution >= 4 is 33.6 Å². The lowest BCUT2D eigenvalue weighted by Gasteiger charge is -1.99. The molecule has 0 aliphatic heterocycles. The Bertz CT molecular complexity index is 334. The Morgan fingerprint density at radius 2 is 2.31 bits per heavy atom. The van der Waals surface area contributed by atoms with Crippen molar-refractivity contribution in [3.8, 4) is 0 Å². The van der Waals surface area contributed by atoms with E-state index in [4.69, 9.17) is 11.6 Å². The van der Waals surface area contributed by atoms with Crippen LogP contribution in [-0.4, -0.2) is 5.33 Å². The van der Waals surface area contributed by atoms with Gasteiger partial charge in [-0.25, -0.2) is 4.39 Å². The molecule has 0 saturated carbocycles. The van der Waals surface area contributed by atoms with Crippen molar-refractivity contribution in [2.45, 2.75) is 6.92 Å². The predicted molar refractivity (Wildman–Crippen MR) is 58.9 cm³/mol. The standard InChI is InChI=1S/C10H9BrClF/c1-7(6-11)4-8-2-3-9(13)5-10(8)12/h2-5H,6H2,1H3/b7-4-. The average Bonchev–Trinajstić information content (AvgIpc) is 2.09. The van der Waals surface area contributed by atoms with Crippen molar-refractivity contribution in [1.82, 2.24) is 0 Å². The van der Waals surface area contributed by atoms with Crippen molar-refractivity contribution in [3.05, 3.63) is 40.2 Å². The molecule has 3 heteroatoms. The summed E-state index contributed by atoms with van der Waals surface area (Å²) in [6.45, 7) is 1.98. The van der Waals surface area contributed by atoms with E-state index < -0.39 is 0 Å². The molecule has 0 atom stereocenters. The van der Waals surface area contributed by atoms with Gasteiger partial charge in [0.2, 0.25) is 0 Å². The van der Waals surface area contributed by atoms with E-state index in [2.05, 4.69) is 15.9 Å². The molecular weight excluding hydrogens is 254 g/mol. The zero-order valence-electron chi connectivity index (χ0n) is 7.15. The second kappa shape index (κ2) is 4.77. The highest BCUT2D eigenvalue weighted by Gasteiger charge is 1.99. The van der Waals surface area contributed by atoms with E-state index >= 15 is 0 Å². The Hall–Kier alpha value is -0.340. The predicted octanol–water partition coefficient (Wildman–Crippen LogP) is 4.28. The third kappa shape index (κ3) is 3.12. The van der Waals surface area contributed by atoms with Crippen LogP contribution in [0.1, 0.15) is 12.5 Å². The van der Waals surface area contributed by atoms with Crippen LogP contribution in [0, 0.1) is 5.82 Å². The van der Waals surface area contributed by atoms with Gasteiger partial charge in [0, 0.05) is 5.33 Å². The van der Waals surface area contributed by atoms with Gasteiger partial charge in [-0.05, 0) is 24.6 Å². The van der Waals surface area contributed by atoms with Gasteiger partial charge in [0.25, 0.3) is 0 Å². The average molecular weight is 264 g/mol. The zero-order chi connectivity index (χ0) is 9.84. The lowest BCUT2D eigenvalue weighted by atomic mass is 10.1. The Morgan fingerprint density at radius 1 is 1.62 bits per heavy atom. The van der Waals surface area contributed by atoms with Crippen LogP contribution in [0.5, 0.6) is 0 Å². The number of rotatable bonds is 2. The molecule has 1 aromatic rings. The smallest absolute Gasteiger partial charge is 0.124 e. The fourth-order valence-electron chi connectivity index (χ4n) is 0.923. The summed E-state index contributed by atoms with van der Waals surface area (Å²) in [5, 5.41) is 1.24. The van der Waals surface area contributed by atoms with Crippen LogP contribution in [0.15, 0.2) is 23.8 Å². The summed E-state index contributed by atoms with van der Waals surface area (Å²) in [4.78, 5) is 0. The highest BCUT2D eigenvalue weighted by atomic mass is 79.9. The van der Waals surface area contributed by atoms with Crippen LogP contribution < -0.4 is 0 Å². The minimum Gasteiger partial charge on any atom is -0.207 e. The summed E-state index contributed by atoms with van der Waals surface area (Å²) in [6, 6.07) is 4.39. The van der Waals surface area contributed by atoms with Gasteiger partial charge in [0.1, 0.15) is 5.82 Å². The van der Waals surface area contributed by atoms with Gasteiger partial charge in [0.05, 0.1) is 5.02 Å². The fourth-order valence-corrected chi connectivity index (χ4v) is 1.31. The fraction of sp³-hybridized carbons (Fsp3) is 0.200. The Morgan fingerprint density at radius 3 is 2.85 bits per heavy atom. The third-order valence-corrected chi connectivity index (χ3v) is 2.79. The minimum atomic E-state index is -0.307. The van der Waals surface area contributed by atoms with E-state index in [1.807, 2.05) is 13.0 Å². The van der Waals surface area contributed by atoms with E-state index in [9.17, 15) is 4.39 Å². The van der Waals surface area contributed by atoms with E-state index in [0.29, 0.717) is 5.02 Å². The monoisotopic (exact) mass is 262 g/mol. The molecule has 0 amide bonds. The molecule has 0 radical (unpaired) electrons. The maximum Gasteiger partial charge on any atom is 0.124 e. The van der Waals surface area contributed by atoms with E-state index in [1.54, 1.807) is 6.07 Å². The summed E-state index contributed by atoms with van der Waals surface area (Å²) >= 11 is 9.16. The second-order valence-corrected chi connectivity index (χ2v) is 3.76. The van der Waals surface area contributed by atoms with Crippen LogP contribution >= 0.6 is 27.5 Å². The molecule has 0 aromatic heterocycles. The first kappa shape index (κ1) is 10.7. The number of alkyl halides is 1.